The molecule has 1 aromatic rings. The predicted molar refractivity (Wildman–Crippen MR) is 119 cm³/mol. The molecule has 0 bridgehead atoms. The zero-order chi connectivity index (χ0) is 20.1. The van der Waals surface area contributed by atoms with Crippen LogP contribution in [-0.4, -0.2) is 11.2 Å². The van der Waals surface area contributed by atoms with Crippen molar-refractivity contribution in [1.29, 1.82) is 0 Å². The van der Waals surface area contributed by atoms with Gasteiger partial charge in [-0.2, -0.15) is 0 Å². The third kappa shape index (κ3) is 3.38. The maximum absolute atomic E-state index is 10.1. The van der Waals surface area contributed by atoms with Crippen LogP contribution in [0.1, 0.15) is 88.5 Å². The number of allylic oxidation sites excluding steroid dienone is 2. The van der Waals surface area contributed by atoms with Crippen molar-refractivity contribution in [3.8, 4) is 0 Å². The molecule has 1 aromatic carbocycles. The average molecular weight is 381 g/mol. The molecule has 0 saturated heterocycles. The predicted octanol–water partition coefficient (Wildman–Crippen LogP) is 6.47. The van der Waals surface area contributed by atoms with Crippen molar-refractivity contribution in [2.75, 3.05) is 0 Å². The van der Waals surface area contributed by atoms with E-state index < -0.39 is 0 Å². The Morgan fingerprint density at radius 2 is 1.79 bits per heavy atom. The molecular formula is C27H40O. The molecule has 0 amide bonds. The first kappa shape index (κ1) is 20.2. The Kier molecular flexibility index (Phi) is 5.51. The molecule has 154 valence electrons. The Morgan fingerprint density at radius 3 is 2.54 bits per heavy atom. The summed E-state index contributed by atoms with van der Waals surface area (Å²) in [4.78, 5) is 0. The number of fused-ring (bicyclic) bond motifs is 5. The van der Waals surface area contributed by atoms with Crippen LogP contribution in [0.4, 0.5) is 0 Å². The van der Waals surface area contributed by atoms with E-state index in [0.717, 1.165) is 37.0 Å². The SMILES string of the molecule is CC(C)[C@@H](C)/C=C/[C@@H](C)[C@H]1CC[C@@H]2c3ccc4c(c3CC[C@@]21C)CC[C@H](O)C4. The fourth-order valence-electron chi connectivity index (χ4n) is 6.65. The number of aliphatic hydroxyl groups excluding tert-OH is 1. The summed E-state index contributed by atoms with van der Waals surface area (Å²) >= 11 is 0. The van der Waals surface area contributed by atoms with E-state index in [4.69, 9.17) is 0 Å². The van der Waals surface area contributed by atoms with Gasteiger partial charge in [0.05, 0.1) is 6.10 Å². The van der Waals surface area contributed by atoms with Gasteiger partial charge in [0.2, 0.25) is 0 Å². The number of hydrogen-bond acceptors (Lipinski definition) is 1. The molecule has 0 aromatic heterocycles. The highest BCUT2D eigenvalue weighted by molar-refractivity contribution is 5.47. The van der Waals surface area contributed by atoms with Gasteiger partial charge < -0.3 is 5.11 Å². The van der Waals surface area contributed by atoms with Crippen molar-refractivity contribution in [1.82, 2.24) is 0 Å². The van der Waals surface area contributed by atoms with Gasteiger partial charge in [-0.05, 0) is 102 Å². The highest BCUT2D eigenvalue weighted by Gasteiger charge is 2.50. The van der Waals surface area contributed by atoms with E-state index in [1.165, 1.54) is 31.2 Å². The molecule has 0 spiro atoms. The van der Waals surface area contributed by atoms with Crippen LogP contribution >= 0.6 is 0 Å². The quantitative estimate of drug-likeness (QED) is 0.594. The second kappa shape index (κ2) is 7.63. The zero-order valence-electron chi connectivity index (χ0n) is 18.7. The minimum Gasteiger partial charge on any atom is -0.393 e. The van der Waals surface area contributed by atoms with Gasteiger partial charge in [-0.3, -0.25) is 0 Å². The lowest BCUT2D eigenvalue weighted by atomic mass is 9.60. The molecule has 1 N–H and O–H groups in total. The number of benzene rings is 1. The monoisotopic (exact) mass is 380 g/mol. The van der Waals surface area contributed by atoms with Crippen LogP contribution in [0.5, 0.6) is 0 Å². The van der Waals surface area contributed by atoms with E-state index >= 15 is 0 Å². The van der Waals surface area contributed by atoms with Gasteiger partial charge in [-0.15, -0.1) is 0 Å². The van der Waals surface area contributed by atoms with Crippen molar-refractivity contribution in [2.45, 2.75) is 91.6 Å². The number of aliphatic hydroxyl groups is 1. The standard InChI is InChI=1S/C27H40O/c1-17(2)18(3)6-7-19(4)25-12-13-26-24-10-8-20-16-21(28)9-11-22(20)23(24)14-15-27(25,26)5/h6-8,10,17-19,21,25-26,28H,9,11-16H2,1-5H3/b7-6+/t18-,19+,21-,25+,26+,27+/m0/s1. The van der Waals surface area contributed by atoms with E-state index in [0.29, 0.717) is 17.3 Å². The van der Waals surface area contributed by atoms with Gasteiger partial charge in [0.1, 0.15) is 0 Å². The van der Waals surface area contributed by atoms with Crippen LogP contribution in [0, 0.1) is 29.1 Å². The van der Waals surface area contributed by atoms with Gasteiger partial charge in [0.15, 0.2) is 0 Å². The lowest BCUT2D eigenvalue weighted by molar-refractivity contribution is 0.140. The van der Waals surface area contributed by atoms with Gasteiger partial charge in [-0.25, -0.2) is 0 Å². The fraction of sp³-hybridized carbons (Fsp3) is 0.704. The van der Waals surface area contributed by atoms with Crippen LogP contribution in [0.3, 0.4) is 0 Å². The van der Waals surface area contributed by atoms with Crippen molar-refractivity contribution >= 4 is 0 Å². The summed E-state index contributed by atoms with van der Waals surface area (Å²) in [6.45, 7) is 12.1. The molecule has 6 atom stereocenters. The molecule has 1 fully saturated rings. The highest BCUT2D eigenvalue weighted by atomic mass is 16.3. The summed E-state index contributed by atoms with van der Waals surface area (Å²) in [6, 6.07) is 4.79. The van der Waals surface area contributed by atoms with Crippen LogP contribution in [-0.2, 0) is 19.3 Å². The third-order valence-electron chi connectivity index (χ3n) is 8.85. The molecule has 1 saturated carbocycles. The molecule has 3 aliphatic carbocycles. The van der Waals surface area contributed by atoms with E-state index in [-0.39, 0.29) is 6.10 Å². The van der Waals surface area contributed by atoms with Crippen molar-refractivity contribution < 1.29 is 5.11 Å². The molecule has 0 aliphatic heterocycles. The van der Waals surface area contributed by atoms with Gasteiger partial charge in [0, 0.05) is 0 Å². The molecule has 3 aliphatic rings. The molecule has 0 unspecified atom stereocenters. The summed E-state index contributed by atoms with van der Waals surface area (Å²) in [7, 11) is 0. The van der Waals surface area contributed by atoms with Crippen molar-refractivity contribution in [2.24, 2.45) is 29.1 Å². The van der Waals surface area contributed by atoms with E-state index in [9.17, 15) is 5.11 Å². The minimum absolute atomic E-state index is 0.129. The van der Waals surface area contributed by atoms with Crippen LogP contribution in [0.25, 0.3) is 0 Å². The Balaban J connectivity index is 1.58. The maximum atomic E-state index is 10.1. The molecular weight excluding hydrogens is 340 g/mol. The minimum atomic E-state index is -0.129. The maximum Gasteiger partial charge on any atom is 0.0583 e. The van der Waals surface area contributed by atoms with E-state index in [2.05, 4.69) is 58.9 Å². The Morgan fingerprint density at radius 1 is 1.00 bits per heavy atom. The number of rotatable bonds is 4. The van der Waals surface area contributed by atoms with Crippen LogP contribution in [0.2, 0.25) is 0 Å². The number of hydrogen-bond donors (Lipinski definition) is 1. The Labute approximate surface area is 172 Å². The summed E-state index contributed by atoms with van der Waals surface area (Å²) in [6.07, 6.45) is 13.1. The smallest absolute Gasteiger partial charge is 0.0583 e. The van der Waals surface area contributed by atoms with Crippen LogP contribution in [0.15, 0.2) is 24.3 Å². The lowest BCUT2D eigenvalue weighted by Crippen LogP contribution is -2.35. The van der Waals surface area contributed by atoms with Gasteiger partial charge in [0.25, 0.3) is 0 Å². The normalized spacial score (nSPS) is 34.2. The summed E-state index contributed by atoms with van der Waals surface area (Å²) < 4.78 is 0. The summed E-state index contributed by atoms with van der Waals surface area (Å²) in [5.41, 5.74) is 6.81. The second-order valence-electron chi connectivity index (χ2n) is 10.8. The molecule has 0 heterocycles. The average Bonchev–Trinajstić information content (AvgIpc) is 3.02. The summed E-state index contributed by atoms with van der Waals surface area (Å²) in [5.74, 6) is 3.60. The Hall–Kier alpha value is -1.08. The molecule has 1 heteroatoms. The van der Waals surface area contributed by atoms with Gasteiger partial charge >= 0.3 is 0 Å². The molecule has 4 rings (SSSR count). The summed E-state index contributed by atoms with van der Waals surface area (Å²) in [5, 5.41) is 10.1. The Bertz CT molecular complexity index is 745. The van der Waals surface area contributed by atoms with Crippen molar-refractivity contribution in [3.05, 3.63) is 46.5 Å². The first-order valence-electron chi connectivity index (χ1n) is 11.8. The third-order valence-corrected chi connectivity index (χ3v) is 8.85. The first-order valence-corrected chi connectivity index (χ1v) is 11.8. The highest BCUT2D eigenvalue weighted by Crippen LogP contribution is 2.61. The fourth-order valence-corrected chi connectivity index (χ4v) is 6.65. The first-order chi connectivity index (χ1) is 13.3. The van der Waals surface area contributed by atoms with E-state index in [1.807, 2.05) is 0 Å². The largest absolute Gasteiger partial charge is 0.393 e. The van der Waals surface area contributed by atoms with Gasteiger partial charge in [-0.1, -0.05) is 58.9 Å². The molecule has 0 radical (unpaired) electrons. The molecule has 1 nitrogen and oxygen atoms in total. The zero-order valence-corrected chi connectivity index (χ0v) is 18.7. The van der Waals surface area contributed by atoms with Crippen LogP contribution < -0.4 is 0 Å². The molecule has 28 heavy (non-hydrogen) atoms. The van der Waals surface area contributed by atoms with E-state index in [1.54, 1.807) is 16.7 Å². The van der Waals surface area contributed by atoms with Crippen molar-refractivity contribution in [3.63, 3.8) is 0 Å². The lowest BCUT2D eigenvalue weighted by Gasteiger charge is -2.44. The second-order valence-corrected chi connectivity index (χ2v) is 10.8. The topological polar surface area (TPSA) is 20.2 Å².